The van der Waals surface area contributed by atoms with Crippen LogP contribution >= 0.6 is 0 Å². The second-order valence-electron chi connectivity index (χ2n) is 4.76. The van der Waals surface area contributed by atoms with E-state index in [1.54, 1.807) is 0 Å². The Kier molecular flexibility index (Phi) is 4.33. The molecule has 0 aliphatic carbocycles. The molecular formula is C15H23NO. The zero-order valence-corrected chi connectivity index (χ0v) is 11.8. The van der Waals surface area contributed by atoms with E-state index in [2.05, 4.69) is 33.0 Å². The fraction of sp³-hybridized carbons (Fsp3) is 0.533. The van der Waals surface area contributed by atoms with Gasteiger partial charge in [-0.3, -0.25) is 4.79 Å². The Morgan fingerprint density at radius 2 is 1.29 bits per heavy atom. The van der Waals surface area contributed by atoms with Gasteiger partial charge in [-0.15, -0.1) is 0 Å². The van der Waals surface area contributed by atoms with Gasteiger partial charge in [-0.1, -0.05) is 6.92 Å². The molecule has 0 heterocycles. The minimum absolute atomic E-state index is 0.0630. The van der Waals surface area contributed by atoms with Crippen molar-refractivity contribution in [1.82, 2.24) is 5.32 Å². The van der Waals surface area contributed by atoms with Gasteiger partial charge in [-0.2, -0.15) is 0 Å². The number of hydrogen-bond donors (Lipinski definition) is 1. The van der Waals surface area contributed by atoms with Gasteiger partial charge in [0.2, 0.25) is 0 Å². The van der Waals surface area contributed by atoms with Crippen LogP contribution in [0.3, 0.4) is 0 Å². The molecule has 0 bridgehead atoms. The highest BCUT2D eigenvalue weighted by Gasteiger charge is 2.17. The minimum Gasteiger partial charge on any atom is -0.352 e. The van der Waals surface area contributed by atoms with Crippen molar-refractivity contribution in [1.29, 1.82) is 0 Å². The van der Waals surface area contributed by atoms with Gasteiger partial charge in [0.05, 0.1) is 0 Å². The van der Waals surface area contributed by atoms with Crippen LogP contribution in [-0.4, -0.2) is 12.5 Å². The summed E-state index contributed by atoms with van der Waals surface area (Å²) < 4.78 is 0. The summed E-state index contributed by atoms with van der Waals surface area (Å²) in [6, 6.07) is 0. The highest BCUT2D eigenvalue weighted by molar-refractivity contribution is 5.98. The summed E-state index contributed by atoms with van der Waals surface area (Å²) in [4.78, 5) is 12.1. The molecule has 0 fully saturated rings. The zero-order valence-electron chi connectivity index (χ0n) is 11.8. The Bertz CT molecular complexity index is 418. The number of carbonyl (C=O) groups excluding carboxylic acids is 1. The molecule has 1 N–H and O–H groups in total. The molecule has 2 heteroatoms. The summed E-state index contributed by atoms with van der Waals surface area (Å²) >= 11 is 0. The summed E-state index contributed by atoms with van der Waals surface area (Å²) in [7, 11) is 0. The average Bonchev–Trinajstić information content (AvgIpc) is 2.31. The van der Waals surface area contributed by atoms with Crippen LogP contribution in [0.4, 0.5) is 0 Å². The molecule has 0 aliphatic heterocycles. The molecule has 0 atom stereocenters. The average molecular weight is 233 g/mol. The first-order chi connectivity index (χ1) is 7.91. The maximum absolute atomic E-state index is 12.1. The highest BCUT2D eigenvalue weighted by atomic mass is 16.1. The first kappa shape index (κ1) is 13.8. The van der Waals surface area contributed by atoms with Crippen LogP contribution in [0.25, 0.3) is 0 Å². The van der Waals surface area contributed by atoms with E-state index in [0.717, 1.165) is 29.7 Å². The second kappa shape index (κ2) is 5.35. The molecule has 0 aliphatic rings. The summed E-state index contributed by atoms with van der Waals surface area (Å²) in [5.41, 5.74) is 6.84. The van der Waals surface area contributed by atoms with Crippen molar-refractivity contribution in [3.05, 3.63) is 33.4 Å². The Morgan fingerprint density at radius 3 is 1.71 bits per heavy atom. The molecule has 0 saturated heterocycles. The molecule has 1 aromatic carbocycles. The Labute approximate surface area is 104 Å². The third kappa shape index (κ3) is 2.51. The molecule has 1 amide bonds. The standard InChI is InChI=1S/C15H23NO/c1-7-8-16-15(17)14-12(5)10(3)9(2)11(4)13(14)6/h7-8H2,1-6H3,(H,16,17). The maximum atomic E-state index is 12.1. The van der Waals surface area contributed by atoms with E-state index in [9.17, 15) is 4.79 Å². The molecule has 2 nitrogen and oxygen atoms in total. The van der Waals surface area contributed by atoms with E-state index in [0.29, 0.717) is 0 Å². The fourth-order valence-corrected chi connectivity index (χ4v) is 2.17. The van der Waals surface area contributed by atoms with E-state index in [1.165, 1.54) is 16.7 Å². The van der Waals surface area contributed by atoms with Crippen LogP contribution in [-0.2, 0) is 0 Å². The third-order valence-corrected chi connectivity index (χ3v) is 3.76. The summed E-state index contributed by atoms with van der Waals surface area (Å²) in [6.45, 7) is 13.2. The van der Waals surface area contributed by atoms with Gasteiger partial charge >= 0.3 is 0 Å². The van der Waals surface area contributed by atoms with Crippen molar-refractivity contribution < 1.29 is 4.79 Å². The largest absolute Gasteiger partial charge is 0.352 e. The molecular weight excluding hydrogens is 210 g/mol. The van der Waals surface area contributed by atoms with Crippen molar-refractivity contribution >= 4 is 5.91 Å². The minimum atomic E-state index is 0.0630. The number of rotatable bonds is 3. The van der Waals surface area contributed by atoms with Crippen LogP contribution in [0.2, 0.25) is 0 Å². The van der Waals surface area contributed by atoms with Crippen LogP contribution in [0.1, 0.15) is 51.5 Å². The van der Waals surface area contributed by atoms with Crippen LogP contribution in [0.15, 0.2) is 0 Å². The first-order valence-electron chi connectivity index (χ1n) is 6.26. The third-order valence-electron chi connectivity index (χ3n) is 3.76. The van der Waals surface area contributed by atoms with Gasteiger partial charge in [-0.05, 0) is 68.9 Å². The summed E-state index contributed by atoms with van der Waals surface area (Å²) in [5, 5.41) is 2.97. The lowest BCUT2D eigenvalue weighted by atomic mass is 9.89. The SMILES string of the molecule is CCCNC(=O)c1c(C)c(C)c(C)c(C)c1C. The quantitative estimate of drug-likeness (QED) is 0.852. The summed E-state index contributed by atoms with van der Waals surface area (Å²) in [5.74, 6) is 0.0630. The first-order valence-corrected chi connectivity index (χ1v) is 6.26. The number of carbonyl (C=O) groups is 1. The van der Waals surface area contributed by atoms with E-state index in [-0.39, 0.29) is 5.91 Å². The molecule has 0 radical (unpaired) electrons. The topological polar surface area (TPSA) is 29.1 Å². The lowest BCUT2D eigenvalue weighted by Crippen LogP contribution is -2.26. The molecule has 0 saturated carbocycles. The molecule has 1 rings (SSSR count). The Balaban J connectivity index is 3.29. The Morgan fingerprint density at radius 1 is 0.882 bits per heavy atom. The van der Waals surface area contributed by atoms with E-state index in [4.69, 9.17) is 0 Å². The lowest BCUT2D eigenvalue weighted by Gasteiger charge is -2.18. The number of nitrogens with one attached hydrogen (secondary N) is 1. The molecule has 0 unspecified atom stereocenters. The predicted molar refractivity (Wildman–Crippen MR) is 72.8 cm³/mol. The van der Waals surface area contributed by atoms with Gasteiger partial charge in [0, 0.05) is 12.1 Å². The number of amides is 1. The number of benzene rings is 1. The fourth-order valence-electron chi connectivity index (χ4n) is 2.17. The Hall–Kier alpha value is -1.31. The normalized spacial score (nSPS) is 10.5. The molecule has 0 aromatic heterocycles. The van der Waals surface area contributed by atoms with Crippen LogP contribution in [0, 0.1) is 34.6 Å². The maximum Gasteiger partial charge on any atom is 0.251 e. The van der Waals surface area contributed by atoms with Gasteiger partial charge in [0.15, 0.2) is 0 Å². The van der Waals surface area contributed by atoms with E-state index in [1.807, 2.05) is 13.8 Å². The zero-order chi connectivity index (χ0) is 13.2. The molecule has 0 spiro atoms. The monoisotopic (exact) mass is 233 g/mol. The lowest BCUT2D eigenvalue weighted by molar-refractivity contribution is 0.0952. The molecule has 1 aromatic rings. The number of hydrogen-bond acceptors (Lipinski definition) is 1. The van der Waals surface area contributed by atoms with E-state index < -0.39 is 0 Å². The summed E-state index contributed by atoms with van der Waals surface area (Å²) in [6.07, 6.45) is 0.966. The van der Waals surface area contributed by atoms with Crippen molar-refractivity contribution in [3.63, 3.8) is 0 Å². The van der Waals surface area contributed by atoms with Crippen molar-refractivity contribution in [2.75, 3.05) is 6.54 Å². The van der Waals surface area contributed by atoms with Gasteiger partial charge in [0.1, 0.15) is 0 Å². The smallest absolute Gasteiger partial charge is 0.251 e. The van der Waals surface area contributed by atoms with Crippen LogP contribution in [0.5, 0.6) is 0 Å². The van der Waals surface area contributed by atoms with Crippen molar-refractivity contribution in [2.45, 2.75) is 48.0 Å². The highest BCUT2D eigenvalue weighted by Crippen LogP contribution is 2.25. The van der Waals surface area contributed by atoms with Crippen LogP contribution < -0.4 is 5.32 Å². The second-order valence-corrected chi connectivity index (χ2v) is 4.76. The van der Waals surface area contributed by atoms with Crippen molar-refractivity contribution in [2.24, 2.45) is 0 Å². The van der Waals surface area contributed by atoms with Gasteiger partial charge < -0.3 is 5.32 Å². The van der Waals surface area contributed by atoms with Gasteiger partial charge in [-0.25, -0.2) is 0 Å². The van der Waals surface area contributed by atoms with Gasteiger partial charge in [0.25, 0.3) is 5.91 Å². The van der Waals surface area contributed by atoms with E-state index >= 15 is 0 Å². The molecule has 94 valence electrons. The predicted octanol–water partition coefficient (Wildman–Crippen LogP) is 3.37. The van der Waals surface area contributed by atoms with Crippen molar-refractivity contribution in [3.8, 4) is 0 Å². The molecule has 17 heavy (non-hydrogen) atoms.